The lowest BCUT2D eigenvalue weighted by atomic mass is 10.1. The Labute approximate surface area is 52.8 Å². The highest BCUT2D eigenvalue weighted by Gasteiger charge is 2.58. The van der Waals surface area contributed by atoms with E-state index in [4.69, 9.17) is 0 Å². The third kappa shape index (κ3) is 0.419. The summed E-state index contributed by atoms with van der Waals surface area (Å²) in [6.07, 6.45) is 4.85. The molecule has 1 saturated heterocycles. The summed E-state index contributed by atoms with van der Waals surface area (Å²) < 4.78 is 0.139. The zero-order valence-corrected chi connectivity index (χ0v) is 5.41. The van der Waals surface area contributed by atoms with Crippen LogP contribution in [0, 0.1) is 0 Å². The predicted molar refractivity (Wildman–Crippen MR) is 34.0 cm³/mol. The summed E-state index contributed by atoms with van der Waals surface area (Å²) in [4.78, 5) is 10.3. The van der Waals surface area contributed by atoms with Crippen molar-refractivity contribution in [2.75, 3.05) is 0 Å². The van der Waals surface area contributed by atoms with Crippen LogP contribution in [0.15, 0.2) is 0 Å². The maximum Gasteiger partial charge on any atom is 0.137 e. The molecule has 1 heterocycles. The lowest BCUT2D eigenvalue weighted by molar-refractivity contribution is -0.108. The van der Waals surface area contributed by atoms with Crippen LogP contribution in [0.1, 0.15) is 19.3 Å². The van der Waals surface area contributed by atoms with Crippen molar-refractivity contribution in [2.45, 2.75) is 29.3 Å². The van der Waals surface area contributed by atoms with E-state index in [0.29, 0.717) is 0 Å². The average Bonchev–Trinajstić information content (AvgIpc) is 2.38. The molecule has 0 bridgehead atoms. The van der Waals surface area contributed by atoms with Gasteiger partial charge in [0.25, 0.3) is 0 Å². The van der Waals surface area contributed by atoms with Crippen LogP contribution in [0.4, 0.5) is 0 Å². The van der Waals surface area contributed by atoms with Crippen LogP contribution in [0.25, 0.3) is 0 Å². The summed E-state index contributed by atoms with van der Waals surface area (Å²) in [5.74, 6) is 0. The van der Waals surface area contributed by atoms with Gasteiger partial charge in [-0.3, -0.25) is 0 Å². The summed E-state index contributed by atoms with van der Waals surface area (Å²) in [6, 6.07) is 0. The molecule has 1 aliphatic carbocycles. The van der Waals surface area contributed by atoms with Crippen LogP contribution in [0.3, 0.4) is 0 Å². The van der Waals surface area contributed by atoms with Crippen LogP contribution in [0.2, 0.25) is 0 Å². The van der Waals surface area contributed by atoms with Gasteiger partial charge in [-0.05, 0) is 12.8 Å². The van der Waals surface area contributed by atoms with Gasteiger partial charge in [0.1, 0.15) is 6.29 Å². The first-order valence-corrected chi connectivity index (χ1v) is 3.89. The maximum absolute atomic E-state index is 10.3. The third-order valence-electron chi connectivity index (χ3n) is 2.08. The van der Waals surface area contributed by atoms with Gasteiger partial charge in [0.05, 0.1) is 4.75 Å². The van der Waals surface area contributed by atoms with E-state index in [9.17, 15) is 4.79 Å². The van der Waals surface area contributed by atoms with Crippen molar-refractivity contribution in [1.29, 1.82) is 0 Å². The molecule has 1 aliphatic heterocycles. The van der Waals surface area contributed by atoms with Gasteiger partial charge in [-0.2, -0.15) is 0 Å². The van der Waals surface area contributed by atoms with E-state index >= 15 is 0 Å². The van der Waals surface area contributed by atoms with Gasteiger partial charge in [-0.1, -0.05) is 6.42 Å². The number of fused-ring (bicyclic) bond motifs is 1. The first kappa shape index (κ1) is 4.86. The molecule has 0 aromatic heterocycles. The molecule has 2 heteroatoms. The van der Waals surface area contributed by atoms with Crippen molar-refractivity contribution in [1.82, 2.24) is 0 Å². The van der Waals surface area contributed by atoms with E-state index in [1.54, 1.807) is 0 Å². The van der Waals surface area contributed by atoms with Crippen LogP contribution >= 0.6 is 11.8 Å². The van der Waals surface area contributed by atoms with Gasteiger partial charge in [0.15, 0.2) is 0 Å². The van der Waals surface area contributed by atoms with Gasteiger partial charge >= 0.3 is 0 Å². The minimum atomic E-state index is 0.139. The highest BCUT2D eigenvalue weighted by atomic mass is 32.2. The second-order valence-corrected chi connectivity index (χ2v) is 4.14. The van der Waals surface area contributed by atoms with Gasteiger partial charge in [0, 0.05) is 5.25 Å². The van der Waals surface area contributed by atoms with Crippen molar-refractivity contribution in [3.05, 3.63) is 0 Å². The number of rotatable bonds is 1. The largest absolute Gasteiger partial charge is 0.302 e. The van der Waals surface area contributed by atoms with Gasteiger partial charge in [0.2, 0.25) is 0 Å². The molecule has 0 aromatic rings. The van der Waals surface area contributed by atoms with Gasteiger partial charge < -0.3 is 4.79 Å². The predicted octanol–water partition coefficient (Wildman–Crippen LogP) is 1.22. The van der Waals surface area contributed by atoms with E-state index in [1.165, 1.54) is 12.8 Å². The van der Waals surface area contributed by atoms with Crippen LogP contribution in [-0.2, 0) is 4.79 Å². The Morgan fingerprint density at radius 3 is 2.88 bits per heavy atom. The highest BCUT2D eigenvalue weighted by molar-refractivity contribution is 8.09. The second-order valence-electron chi connectivity index (χ2n) is 2.57. The molecule has 0 aromatic carbocycles. The van der Waals surface area contributed by atoms with E-state index in [1.807, 2.05) is 11.8 Å². The first-order valence-electron chi connectivity index (χ1n) is 3.01. The molecular formula is C6H8OS. The Balaban J connectivity index is 2.18. The van der Waals surface area contributed by atoms with E-state index in [2.05, 4.69) is 0 Å². The molecule has 2 rings (SSSR count). The average molecular weight is 128 g/mol. The molecule has 0 amide bonds. The molecule has 2 aliphatic rings. The Morgan fingerprint density at radius 2 is 2.62 bits per heavy atom. The number of aldehydes is 1. The Bertz CT molecular complexity index is 134. The fraction of sp³-hybridized carbons (Fsp3) is 0.833. The molecule has 0 radical (unpaired) electrons. The van der Waals surface area contributed by atoms with Crippen molar-refractivity contribution >= 4 is 18.0 Å². The SMILES string of the molecule is O=CC12CCCC1S2. The summed E-state index contributed by atoms with van der Waals surface area (Å²) in [5, 5.41) is 0.722. The molecule has 1 saturated carbocycles. The van der Waals surface area contributed by atoms with Crippen molar-refractivity contribution < 1.29 is 4.79 Å². The maximum atomic E-state index is 10.3. The molecule has 1 nitrogen and oxygen atoms in total. The quantitative estimate of drug-likeness (QED) is 0.390. The summed E-state index contributed by atoms with van der Waals surface area (Å²) in [5.41, 5.74) is 0. The lowest BCUT2D eigenvalue weighted by Crippen LogP contribution is -2.08. The zero-order valence-electron chi connectivity index (χ0n) is 4.59. The standard InChI is InChI=1S/C6H8OS/c7-4-6-3-1-2-5(6)8-6/h4-5H,1-3H2. The van der Waals surface area contributed by atoms with E-state index in [-0.39, 0.29) is 4.75 Å². The number of thioether (sulfide) groups is 1. The van der Waals surface area contributed by atoms with E-state index < -0.39 is 0 Å². The number of carbonyl (C=O) groups is 1. The van der Waals surface area contributed by atoms with Crippen molar-refractivity contribution in [3.63, 3.8) is 0 Å². The van der Waals surface area contributed by atoms with Gasteiger partial charge in [-0.25, -0.2) is 0 Å². The molecule has 2 atom stereocenters. The Hall–Kier alpha value is 0.0200. The van der Waals surface area contributed by atoms with Crippen molar-refractivity contribution in [2.24, 2.45) is 0 Å². The topological polar surface area (TPSA) is 17.1 Å². The van der Waals surface area contributed by atoms with Crippen LogP contribution < -0.4 is 0 Å². The molecular weight excluding hydrogens is 120 g/mol. The smallest absolute Gasteiger partial charge is 0.137 e. The second kappa shape index (κ2) is 1.29. The third-order valence-corrected chi connectivity index (χ3v) is 3.79. The van der Waals surface area contributed by atoms with Gasteiger partial charge in [-0.15, -0.1) is 11.8 Å². The molecule has 44 valence electrons. The summed E-state index contributed by atoms with van der Waals surface area (Å²) in [7, 11) is 0. The Kier molecular flexibility index (Phi) is 0.786. The zero-order chi connectivity index (χ0) is 5.61. The number of carbonyl (C=O) groups excluding carboxylic acids is 1. The summed E-state index contributed by atoms with van der Waals surface area (Å²) >= 11 is 1.86. The highest BCUT2D eigenvalue weighted by Crippen LogP contribution is 2.61. The molecule has 0 N–H and O–H groups in total. The minimum absolute atomic E-state index is 0.139. The monoisotopic (exact) mass is 128 g/mol. The molecule has 2 unspecified atom stereocenters. The van der Waals surface area contributed by atoms with Crippen LogP contribution in [0.5, 0.6) is 0 Å². The first-order chi connectivity index (χ1) is 3.87. The fourth-order valence-corrected chi connectivity index (χ4v) is 2.84. The normalized spacial score (nSPS) is 50.8. The van der Waals surface area contributed by atoms with Crippen LogP contribution in [-0.4, -0.2) is 16.3 Å². The summed E-state index contributed by atoms with van der Waals surface area (Å²) in [6.45, 7) is 0. The molecule has 8 heavy (non-hydrogen) atoms. The lowest BCUT2D eigenvalue weighted by Gasteiger charge is -1.93. The minimum Gasteiger partial charge on any atom is -0.302 e. The molecule has 0 spiro atoms. The van der Waals surface area contributed by atoms with Crippen molar-refractivity contribution in [3.8, 4) is 0 Å². The van der Waals surface area contributed by atoms with E-state index in [0.717, 1.165) is 18.0 Å². The fourth-order valence-electron chi connectivity index (χ4n) is 1.48. The Morgan fingerprint density at radius 1 is 1.75 bits per heavy atom. The number of hydrogen-bond acceptors (Lipinski definition) is 2. The number of hydrogen-bond donors (Lipinski definition) is 0. The molecule has 2 fully saturated rings.